The molecule has 0 bridgehead atoms. The summed E-state index contributed by atoms with van der Waals surface area (Å²) in [7, 11) is 0. The monoisotopic (exact) mass is 355 g/mol. The van der Waals surface area contributed by atoms with Crippen molar-refractivity contribution in [3.8, 4) is 5.75 Å². The van der Waals surface area contributed by atoms with Crippen molar-refractivity contribution in [2.24, 2.45) is 22.7 Å². The fourth-order valence-electron chi connectivity index (χ4n) is 5.75. The average molecular weight is 356 g/mol. The van der Waals surface area contributed by atoms with Crippen LogP contribution in [0.2, 0.25) is 0 Å². The molecule has 2 aromatic rings. The first kappa shape index (κ1) is 17.1. The van der Waals surface area contributed by atoms with Gasteiger partial charge >= 0.3 is 0 Å². The minimum absolute atomic E-state index is 0.201. The van der Waals surface area contributed by atoms with E-state index in [1.807, 2.05) is 11.6 Å². The summed E-state index contributed by atoms with van der Waals surface area (Å²) >= 11 is 1.66. The predicted octanol–water partition coefficient (Wildman–Crippen LogP) is 6.34. The van der Waals surface area contributed by atoms with Crippen LogP contribution in [-0.4, -0.2) is 10.1 Å². The lowest BCUT2D eigenvalue weighted by atomic mass is 9.46. The second-order valence-electron chi connectivity index (χ2n) is 8.89. The fourth-order valence-corrected chi connectivity index (χ4v) is 6.47. The summed E-state index contributed by atoms with van der Waals surface area (Å²) in [6.07, 6.45) is 7.22. The first-order valence-corrected chi connectivity index (χ1v) is 10.5. The summed E-state index contributed by atoms with van der Waals surface area (Å²) < 4.78 is 1.18. The standard InChI is InChI=1S/C22H29NOS/c1-14-6-5-7-20-21(14,3)9-8-15(2)22(20,4)12-16-10-19-17(11-18(16)24)23-13-25-19/h10-11,13,15,20,24H,1,5-9,12H2,2-4H3/t15-,20+,21+,22+/m0/s1. The van der Waals surface area contributed by atoms with Crippen LogP contribution < -0.4 is 0 Å². The number of hydrogen-bond donors (Lipinski definition) is 1. The average Bonchev–Trinajstić information content (AvgIpc) is 3.01. The van der Waals surface area contributed by atoms with Gasteiger partial charge in [0.05, 0.1) is 15.7 Å². The van der Waals surface area contributed by atoms with Crippen LogP contribution in [0.4, 0.5) is 0 Å². The number of nitrogens with zero attached hydrogens (tertiary/aromatic N) is 1. The molecule has 2 saturated carbocycles. The number of rotatable bonds is 2. The maximum absolute atomic E-state index is 10.6. The molecular weight excluding hydrogens is 326 g/mol. The molecule has 25 heavy (non-hydrogen) atoms. The lowest BCUT2D eigenvalue weighted by Gasteiger charge is -2.58. The number of phenolic OH excluding ortho intramolecular Hbond substituents is 1. The van der Waals surface area contributed by atoms with Gasteiger partial charge in [0.1, 0.15) is 5.75 Å². The molecule has 2 aliphatic rings. The lowest BCUT2D eigenvalue weighted by Crippen LogP contribution is -2.51. The van der Waals surface area contributed by atoms with Crippen molar-refractivity contribution < 1.29 is 5.11 Å². The fraction of sp³-hybridized carbons (Fsp3) is 0.591. The van der Waals surface area contributed by atoms with Crippen molar-refractivity contribution in [1.82, 2.24) is 4.98 Å². The number of phenols is 1. The maximum atomic E-state index is 10.6. The normalized spacial score (nSPS) is 35.7. The van der Waals surface area contributed by atoms with Crippen molar-refractivity contribution in [3.05, 3.63) is 35.4 Å². The molecule has 1 heterocycles. The van der Waals surface area contributed by atoms with E-state index in [0.29, 0.717) is 17.6 Å². The van der Waals surface area contributed by atoms with E-state index >= 15 is 0 Å². The highest BCUT2D eigenvalue weighted by atomic mass is 32.1. The molecule has 4 rings (SSSR count). The van der Waals surface area contributed by atoms with Crippen LogP contribution in [0.1, 0.15) is 58.4 Å². The zero-order valence-electron chi connectivity index (χ0n) is 15.6. The molecule has 4 atom stereocenters. The second kappa shape index (κ2) is 5.84. The van der Waals surface area contributed by atoms with Crippen molar-refractivity contribution in [2.45, 2.75) is 59.3 Å². The van der Waals surface area contributed by atoms with Gasteiger partial charge in [0.2, 0.25) is 0 Å². The molecule has 134 valence electrons. The molecule has 0 unspecified atom stereocenters. The van der Waals surface area contributed by atoms with E-state index in [1.165, 1.54) is 42.4 Å². The first-order chi connectivity index (χ1) is 11.8. The van der Waals surface area contributed by atoms with Gasteiger partial charge in [-0.05, 0) is 72.8 Å². The third-order valence-electron chi connectivity index (χ3n) is 7.67. The molecule has 2 fully saturated rings. The van der Waals surface area contributed by atoms with E-state index in [0.717, 1.165) is 17.5 Å². The Morgan fingerprint density at radius 1 is 1.32 bits per heavy atom. The zero-order valence-corrected chi connectivity index (χ0v) is 16.5. The van der Waals surface area contributed by atoms with E-state index in [-0.39, 0.29) is 10.8 Å². The molecule has 1 aromatic carbocycles. The Morgan fingerprint density at radius 3 is 2.92 bits per heavy atom. The van der Waals surface area contributed by atoms with E-state index in [4.69, 9.17) is 0 Å². The highest BCUT2D eigenvalue weighted by molar-refractivity contribution is 7.16. The molecule has 2 aliphatic carbocycles. The molecule has 0 amide bonds. The van der Waals surface area contributed by atoms with E-state index in [1.54, 1.807) is 11.3 Å². The summed E-state index contributed by atoms with van der Waals surface area (Å²) in [6.45, 7) is 11.8. The van der Waals surface area contributed by atoms with Gasteiger partial charge in [-0.1, -0.05) is 32.9 Å². The van der Waals surface area contributed by atoms with Gasteiger partial charge in [0.25, 0.3) is 0 Å². The molecule has 0 spiro atoms. The summed E-state index contributed by atoms with van der Waals surface area (Å²) in [5.41, 5.74) is 5.79. The van der Waals surface area contributed by atoms with Gasteiger partial charge in [0.15, 0.2) is 0 Å². The number of benzene rings is 1. The molecule has 0 saturated heterocycles. The van der Waals surface area contributed by atoms with Crippen LogP contribution in [0.3, 0.4) is 0 Å². The highest BCUT2D eigenvalue weighted by Crippen LogP contribution is 2.62. The number of allylic oxidation sites excluding steroid dienone is 1. The van der Waals surface area contributed by atoms with Gasteiger partial charge in [0, 0.05) is 6.07 Å². The summed E-state index contributed by atoms with van der Waals surface area (Å²) in [5, 5.41) is 10.6. The van der Waals surface area contributed by atoms with Crippen LogP contribution in [0.15, 0.2) is 29.8 Å². The van der Waals surface area contributed by atoms with Crippen molar-refractivity contribution in [2.75, 3.05) is 0 Å². The number of fused-ring (bicyclic) bond motifs is 2. The first-order valence-electron chi connectivity index (χ1n) is 9.58. The maximum Gasteiger partial charge on any atom is 0.121 e. The second-order valence-corrected chi connectivity index (χ2v) is 9.78. The summed E-state index contributed by atoms with van der Waals surface area (Å²) in [5.74, 6) is 1.73. The van der Waals surface area contributed by atoms with Crippen molar-refractivity contribution >= 4 is 21.6 Å². The topological polar surface area (TPSA) is 33.1 Å². The molecule has 0 aliphatic heterocycles. The smallest absolute Gasteiger partial charge is 0.121 e. The molecule has 3 heteroatoms. The highest BCUT2D eigenvalue weighted by Gasteiger charge is 2.53. The summed E-state index contributed by atoms with van der Waals surface area (Å²) in [4.78, 5) is 4.33. The van der Waals surface area contributed by atoms with Crippen molar-refractivity contribution in [3.63, 3.8) is 0 Å². The SMILES string of the molecule is C=C1CCC[C@H]2[C@](C)(Cc3cc4scnc4cc3O)[C@@H](C)CC[C@]12C. The molecule has 2 nitrogen and oxygen atoms in total. The van der Waals surface area contributed by atoms with Gasteiger partial charge in [-0.15, -0.1) is 11.3 Å². The third kappa shape index (κ3) is 2.54. The van der Waals surface area contributed by atoms with Crippen molar-refractivity contribution in [1.29, 1.82) is 0 Å². The largest absolute Gasteiger partial charge is 0.508 e. The quantitative estimate of drug-likeness (QED) is 0.637. The minimum atomic E-state index is 0.201. The Balaban J connectivity index is 1.75. The van der Waals surface area contributed by atoms with E-state index in [9.17, 15) is 5.11 Å². The van der Waals surface area contributed by atoms with Crippen LogP contribution >= 0.6 is 11.3 Å². The Morgan fingerprint density at radius 2 is 2.12 bits per heavy atom. The number of aromatic nitrogens is 1. The van der Waals surface area contributed by atoms with Crippen LogP contribution in [0.25, 0.3) is 10.2 Å². The van der Waals surface area contributed by atoms with Gasteiger partial charge in [-0.25, -0.2) is 4.98 Å². The van der Waals surface area contributed by atoms with E-state index in [2.05, 4.69) is 38.4 Å². The van der Waals surface area contributed by atoms with Gasteiger partial charge < -0.3 is 5.11 Å². The Bertz CT molecular complexity index is 825. The van der Waals surface area contributed by atoms with Crippen LogP contribution in [0, 0.1) is 22.7 Å². The molecule has 1 N–H and O–H groups in total. The predicted molar refractivity (Wildman–Crippen MR) is 106 cm³/mol. The molecule has 0 radical (unpaired) electrons. The Kier molecular flexibility index (Phi) is 3.99. The number of thiazole rings is 1. The third-order valence-corrected chi connectivity index (χ3v) is 8.46. The lowest BCUT2D eigenvalue weighted by molar-refractivity contribution is -0.0490. The molecular formula is C22H29NOS. The minimum Gasteiger partial charge on any atom is -0.508 e. The zero-order chi connectivity index (χ0) is 17.8. The summed E-state index contributed by atoms with van der Waals surface area (Å²) in [6, 6.07) is 4.01. The van der Waals surface area contributed by atoms with Gasteiger partial charge in [-0.2, -0.15) is 0 Å². The van der Waals surface area contributed by atoms with Crippen LogP contribution in [0.5, 0.6) is 5.75 Å². The Labute approximate surface area is 155 Å². The molecule has 1 aromatic heterocycles. The van der Waals surface area contributed by atoms with Crippen LogP contribution in [-0.2, 0) is 6.42 Å². The van der Waals surface area contributed by atoms with E-state index < -0.39 is 0 Å². The van der Waals surface area contributed by atoms with Gasteiger partial charge in [-0.3, -0.25) is 0 Å². The Hall–Kier alpha value is -1.35. The number of hydrogen-bond acceptors (Lipinski definition) is 3. The number of aromatic hydroxyl groups is 1.